The van der Waals surface area contributed by atoms with Gasteiger partial charge in [0, 0.05) is 11.4 Å². The lowest BCUT2D eigenvalue weighted by atomic mass is 10.1. The quantitative estimate of drug-likeness (QED) is 0.780. The molecule has 0 unspecified atom stereocenters. The van der Waals surface area contributed by atoms with Crippen LogP contribution in [0.4, 0.5) is 0 Å². The van der Waals surface area contributed by atoms with Gasteiger partial charge in [-0.05, 0) is 44.0 Å². The first-order valence-electron chi connectivity index (χ1n) is 5.97. The van der Waals surface area contributed by atoms with Gasteiger partial charge in [-0.25, -0.2) is 0 Å². The summed E-state index contributed by atoms with van der Waals surface area (Å²) >= 11 is 3.46. The zero-order valence-electron chi connectivity index (χ0n) is 10.9. The lowest BCUT2D eigenvalue weighted by Crippen LogP contribution is -1.99. The Morgan fingerprint density at radius 2 is 2.11 bits per heavy atom. The first kappa shape index (κ1) is 13.1. The zero-order chi connectivity index (χ0) is 13.1. The predicted molar refractivity (Wildman–Crippen MR) is 76.5 cm³/mol. The Kier molecular flexibility index (Phi) is 4.07. The van der Waals surface area contributed by atoms with Gasteiger partial charge in [-0.3, -0.25) is 4.68 Å². The van der Waals surface area contributed by atoms with Gasteiger partial charge in [-0.1, -0.05) is 22.0 Å². The number of rotatable bonds is 4. The van der Waals surface area contributed by atoms with Crippen LogP contribution >= 0.6 is 15.9 Å². The van der Waals surface area contributed by atoms with Crippen LogP contribution < -0.4 is 4.74 Å². The number of alkyl halides is 1. The van der Waals surface area contributed by atoms with E-state index in [1.807, 2.05) is 23.0 Å². The van der Waals surface area contributed by atoms with E-state index in [1.165, 1.54) is 11.1 Å². The van der Waals surface area contributed by atoms with Crippen molar-refractivity contribution in [2.75, 3.05) is 0 Å². The normalized spacial score (nSPS) is 10.9. The average molecular weight is 309 g/mol. The van der Waals surface area contributed by atoms with E-state index in [2.05, 4.69) is 47.9 Å². The fraction of sp³-hybridized carbons (Fsp3) is 0.357. The van der Waals surface area contributed by atoms with E-state index in [1.54, 1.807) is 6.20 Å². The van der Waals surface area contributed by atoms with Gasteiger partial charge in [0.2, 0.25) is 0 Å². The molecule has 1 aromatic carbocycles. The molecule has 0 aliphatic heterocycles. The van der Waals surface area contributed by atoms with Gasteiger partial charge in [-0.2, -0.15) is 5.10 Å². The molecule has 96 valence electrons. The summed E-state index contributed by atoms with van der Waals surface area (Å²) in [6, 6.07) is 6.45. The van der Waals surface area contributed by atoms with E-state index >= 15 is 0 Å². The van der Waals surface area contributed by atoms with Gasteiger partial charge >= 0.3 is 0 Å². The van der Waals surface area contributed by atoms with Crippen molar-refractivity contribution in [3.8, 4) is 11.5 Å². The van der Waals surface area contributed by atoms with Gasteiger partial charge < -0.3 is 4.74 Å². The molecule has 0 N–H and O–H groups in total. The van der Waals surface area contributed by atoms with Gasteiger partial charge in [-0.15, -0.1) is 0 Å². The van der Waals surface area contributed by atoms with Crippen molar-refractivity contribution in [3.63, 3.8) is 0 Å². The molecule has 1 heterocycles. The van der Waals surface area contributed by atoms with Crippen molar-refractivity contribution in [2.24, 2.45) is 0 Å². The summed E-state index contributed by atoms with van der Waals surface area (Å²) in [7, 11) is 0. The maximum Gasteiger partial charge on any atom is 0.165 e. The van der Waals surface area contributed by atoms with E-state index in [0.29, 0.717) is 6.04 Å². The molecule has 0 aliphatic rings. The molecule has 0 bridgehead atoms. The lowest BCUT2D eigenvalue weighted by Gasteiger charge is -2.07. The third-order valence-corrected chi connectivity index (χ3v) is 3.40. The molecule has 1 aromatic heterocycles. The number of hydrogen-bond donors (Lipinski definition) is 0. The van der Waals surface area contributed by atoms with E-state index in [-0.39, 0.29) is 0 Å². The van der Waals surface area contributed by atoms with Crippen molar-refractivity contribution in [1.82, 2.24) is 9.78 Å². The summed E-state index contributed by atoms with van der Waals surface area (Å²) in [5.41, 5.74) is 2.50. The number of hydrogen-bond acceptors (Lipinski definition) is 2. The molecule has 0 aliphatic carbocycles. The van der Waals surface area contributed by atoms with Crippen LogP contribution in [0.3, 0.4) is 0 Å². The highest BCUT2D eigenvalue weighted by atomic mass is 79.9. The number of aromatic nitrogens is 2. The zero-order valence-corrected chi connectivity index (χ0v) is 12.4. The van der Waals surface area contributed by atoms with Crippen LogP contribution in [0.2, 0.25) is 0 Å². The minimum Gasteiger partial charge on any atom is -0.454 e. The number of nitrogens with zero attached hydrogens (tertiary/aromatic N) is 2. The van der Waals surface area contributed by atoms with Crippen molar-refractivity contribution < 1.29 is 4.74 Å². The van der Waals surface area contributed by atoms with Gasteiger partial charge in [0.25, 0.3) is 0 Å². The SMILES string of the molecule is Cc1cc(Oc2cnn(C(C)C)c2)ccc1CBr. The summed E-state index contributed by atoms with van der Waals surface area (Å²) in [5, 5.41) is 5.12. The number of ether oxygens (including phenoxy) is 1. The Bertz CT molecular complexity index is 534. The summed E-state index contributed by atoms with van der Waals surface area (Å²) in [6.07, 6.45) is 3.66. The van der Waals surface area contributed by atoms with Crippen molar-refractivity contribution in [1.29, 1.82) is 0 Å². The number of benzene rings is 1. The topological polar surface area (TPSA) is 27.1 Å². The van der Waals surface area contributed by atoms with Gasteiger partial charge in [0.15, 0.2) is 5.75 Å². The summed E-state index contributed by atoms with van der Waals surface area (Å²) in [5.74, 6) is 1.62. The second-order valence-electron chi connectivity index (χ2n) is 4.57. The highest BCUT2D eigenvalue weighted by molar-refractivity contribution is 9.08. The predicted octanol–water partition coefficient (Wildman–Crippen LogP) is 4.46. The average Bonchev–Trinajstić information content (AvgIpc) is 2.78. The summed E-state index contributed by atoms with van der Waals surface area (Å²) in [4.78, 5) is 0. The highest BCUT2D eigenvalue weighted by Gasteiger charge is 2.05. The Morgan fingerprint density at radius 1 is 1.33 bits per heavy atom. The van der Waals surface area contributed by atoms with E-state index in [4.69, 9.17) is 4.74 Å². The molecular formula is C14H17BrN2O. The minimum atomic E-state index is 0.347. The Hall–Kier alpha value is -1.29. The molecule has 0 saturated heterocycles. The molecule has 0 saturated carbocycles. The Labute approximate surface area is 116 Å². The number of aryl methyl sites for hydroxylation is 1. The fourth-order valence-electron chi connectivity index (χ4n) is 1.67. The minimum absolute atomic E-state index is 0.347. The molecule has 3 nitrogen and oxygen atoms in total. The molecule has 0 fully saturated rings. The molecule has 2 aromatic rings. The highest BCUT2D eigenvalue weighted by Crippen LogP contribution is 2.25. The Balaban J connectivity index is 2.15. The molecule has 0 spiro atoms. The van der Waals surface area contributed by atoms with Crippen molar-refractivity contribution >= 4 is 15.9 Å². The smallest absolute Gasteiger partial charge is 0.165 e. The number of halogens is 1. The van der Waals surface area contributed by atoms with Crippen LogP contribution in [-0.4, -0.2) is 9.78 Å². The van der Waals surface area contributed by atoms with Gasteiger partial charge in [0.05, 0.1) is 12.4 Å². The second kappa shape index (κ2) is 5.57. The molecule has 2 rings (SSSR count). The fourth-order valence-corrected chi connectivity index (χ4v) is 2.30. The standard InChI is InChI=1S/C14H17BrN2O/c1-10(2)17-9-14(8-16-17)18-13-5-4-12(7-15)11(3)6-13/h4-6,8-10H,7H2,1-3H3. The van der Waals surface area contributed by atoms with Crippen molar-refractivity contribution in [3.05, 3.63) is 41.7 Å². The van der Waals surface area contributed by atoms with Gasteiger partial charge in [0.1, 0.15) is 5.75 Å². The molecule has 0 atom stereocenters. The van der Waals surface area contributed by atoms with E-state index in [9.17, 15) is 0 Å². The maximum absolute atomic E-state index is 5.79. The first-order valence-corrected chi connectivity index (χ1v) is 7.10. The lowest BCUT2D eigenvalue weighted by molar-refractivity contribution is 0.476. The van der Waals surface area contributed by atoms with Crippen LogP contribution in [-0.2, 0) is 5.33 Å². The first-order chi connectivity index (χ1) is 8.60. The summed E-state index contributed by atoms with van der Waals surface area (Å²) in [6.45, 7) is 6.26. The monoisotopic (exact) mass is 308 g/mol. The second-order valence-corrected chi connectivity index (χ2v) is 5.13. The van der Waals surface area contributed by atoms with Crippen molar-refractivity contribution in [2.45, 2.75) is 32.1 Å². The van der Waals surface area contributed by atoms with Crippen LogP contribution in [0, 0.1) is 6.92 Å². The molecule has 0 amide bonds. The molecular weight excluding hydrogens is 292 g/mol. The van der Waals surface area contributed by atoms with Crippen LogP contribution in [0.25, 0.3) is 0 Å². The van der Waals surface area contributed by atoms with E-state index < -0.39 is 0 Å². The molecule has 4 heteroatoms. The van der Waals surface area contributed by atoms with Crippen LogP contribution in [0.5, 0.6) is 11.5 Å². The maximum atomic E-state index is 5.79. The third-order valence-electron chi connectivity index (χ3n) is 2.80. The molecule has 0 radical (unpaired) electrons. The molecule has 18 heavy (non-hydrogen) atoms. The third kappa shape index (κ3) is 2.93. The Morgan fingerprint density at radius 3 is 2.67 bits per heavy atom. The van der Waals surface area contributed by atoms with Crippen LogP contribution in [0.15, 0.2) is 30.6 Å². The van der Waals surface area contributed by atoms with E-state index in [0.717, 1.165) is 16.8 Å². The summed E-state index contributed by atoms with van der Waals surface area (Å²) < 4.78 is 7.67. The van der Waals surface area contributed by atoms with Crippen LogP contribution in [0.1, 0.15) is 31.0 Å². The largest absolute Gasteiger partial charge is 0.454 e.